The van der Waals surface area contributed by atoms with Crippen LogP contribution in [0, 0.1) is 0 Å². The third-order valence-electron chi connectivity index (χ3n) is 2.11. The van der Waals surface area contributed by atoms with E-state index in [1.807, 2.05) is 0 Å². The highest BCUT2D eigenvalue weighted by Gasteiger charge is 2.28. The Morgan fingerprint density at radius 3 is 2.85 bits per heavy atom. The quantitative estimate of drug-likeness (QED) is 0.888. The smallest absolute Gasteiger partial charge is 0.408 e. The van der Waals surface area contributed by atoms with Gasteiger partial charge in [-0.15, -0.1) is 0 Å². The molecule has 0 fully saturated rings. The van der Waals surface area contributed by atoms with Gasteiger partial charge < -0.3 is 10.4 Å². The van der Waals surface area contributed by atoms with Crippen molar-refractivity contribution >= 4 is 17.6 Å². The van der Waals surface area contributed by atoms with E-state index >= 15 is 0 Å². The van der Waals surface area contributed by atoms with E-state index in [2.05, 4.69) is 20.4 Å². The van der Waals surface area contributed by atoms with Gasteiger partial charge in [0, 0.05) is 12.4 Å². The minimum Gasteiger partial charge on any atom is -0.477 e. The normalized spacial score (nSPS) is 11.3. The lowest BCUT2D eigenvalue weighted by atomic mass is 10.4. The van der Waals surface area contributed by atoms with Crippen LogP contribution in [0.1, 0.15) is 10.5 Å². The summed E-state index contributed by atoms with van der Waals surface area (Å²) in [4.78, 5) is 18.1. The fourth-order valence-corrected chi connectivity index (χ4v) is 1.37. The Balaban J connectivity index is 2.11. The SMILES string of the molecule is O=C(O)c1ccnc(Nc2cnn(CC(F)(F)F)c2)n1. The van der Waals surface area contributed by atoms with Gasteiger partial charge in [0.05, 0.1) is 11.9 Å². The van der Waals surface area contributed by atoms with Crippen LogP contribution in [-0.2, 0) is 6.54 Å². The maximum absolute atomic E-state index is 12.1. The molecule has 0 aliphatic rings. The van der Waals surface area contributed by atoms with Crippen LogP contribution < -0.4 is 5.32 Å². The molecule has 10 heteroatoms. The van der Waals surface area contributed by atoms with Crippen molar-refractivity contribution in [3.63, 3.8) is 0 Å². The standard InChI is InChI=1S/C10H8F3N5O2/c11-10(12,13)5-18-4-6(3-15-18)16-9-14-2-1-7(17-9)8(19)20/h1-4H,5H2,(H,19,20)(H,14,16,17). The number of hydrogen-bond acceptors (Lipinski definition) is 5. The second-order valence-corrected chi connectivity index (χ2v) is 3.74. The molecule has 106 valence electrons. The van der Waals surface area contributed by atoms with Gasteiger partial charge in [-0.05, 0) is 6.07 Å². The van der Waals surface area contributed by atoms with Crippen molar-refractivity contribution in [2.45, 2.75) is 12.7 Å². The van der Waals surface area contributed by atoms with E-state index in [0.717, 1.165) is 12.4 Å². The molecule has 20 heavy (non-hydrogen) atoms. The highest BCUT2D eigenvalue weighted by atomic mass is 19.4. The summed E-state index contributed by atoms with van der Waals surface area (Å²) in [6, 6.07) is 1.20. The van der Waals surface area contributed by atoms with Gasteiger partial charge in [-0.2, -0.15) is 18.3 Å². The first-order valence-electron chi connectivity index (χ1n) is 5.26. The summed E-state index contributed by atoms with van der Waals surface area (Å²) in [6.07, 6.45) is -0.880. The van der Waals surface area contributed by atoms with Gasteiger partial charge in [-0.25, -0.2) is 14.8 Å². The number of rotatable bonds is 4. The average Bonchev–Trinajstić information content (AvgIpc) is 2.74. The molecule has 0 unspecified atom stereocenters. The molecule has 0 aliphatic carbocycles. The summed E-state index contributed by atoms with van der Waals surface area (Å²) >= 11 is 0. The highest BCUT2D eigenvalue weighted by molar-refractivity contribution is 5.85. The van der Waals surface area contributed by atoms with Crippen molar-refractivity contribution in [2.24, 2.45) is 0 Å². The third kappa shape index (κ3) is 3.67. The lowest BCUT2D eigenvalue weighted by molar-refractivity contribution is -0.142. The summed E-state index contributed by atoms with van der Waals surface area (Å²) in [5.74, 6) is -1.28. The summed E-state index contributed by atoms with van der Waals surface area (Å²) < 4.78 is 37.1. The maximum atomic E-state index is 12.1. The number of anilines is 2. The Labute approximate surface area is 110 Å². The fourth-order valence-electron chi connectivity index (χ4n) is 1.37. The molecule has 2 aromatic rings. The number of carboxylic acid groups (broad SMARTS) is 1. The van der Waals surface area contributed by atoms with Crippen LogP contribution in [0.15, 0.2) is 24.7 Å². The number of nitrogens with zero attached hydrogens (tertiary/aromatic N) is 4. The Morgan fingerprint density at radius 2 is 2.20 bits per heavy atom. The van der Waals surface area contributed by atoms with E-state index in [1.54, 1.807) is 0 Å². The van der Waals surface area contributed by atoms with Crippen molar-refractivity contribution in [2.75, 3.05) is 5.32 Å². The second kappa shape index (κ2) is 5.15. The van der Waals surface area contributed by atoms with Crippen LogP contribution in [0.2, 0.25) is 0 Å². The molecule has 2 N–H and O–H groups in total. The molecular formula is C10H8F3N5O2. The number of alkyl halides is 3. The lowest BCUT2D eigenvalue weighted by Crippen LogP contribution is -2.17. The zero-order chi connectivity index (χ0) is 14.8. The average molecular weight is 287 g/mol. The topological polar surface area (TPSA) is 92.9 Å². The molecule has 0 spiro atoms. The minimum absolute atomic E-state index is 0.0449. The molecular weight excluding hydrogens is 279 g/mol. The Bertz CT molecular complexity index is 625. The van der Waals surface area contributed by atoms with Crippen LogP contribution in [0.4, 0.5) is 24.8 Å². The molecule has 0 radical (unpaired) electrons. The van der Waals surface area contributed by atoms with Gasteiger partial charge in [0.25, 0.3) is 0 Å². The molecule has 0 saturated heterocycles. The number of carboxylic acids is 1. The van der Waals surface area contributed by atoms with Crippen molar-refractivity contribution in [1.82, 2.24) is 19.7 Å². The van der Waals surface area contributed by atoms with E-state index in [1.165, 1.54) is 12.3 Å². The molecule has 0 saturated carbocycles. The molecule has 0 aromatic carbocycles. The number of aromatic carboxylic acids is 1. The summed E-state index contributed by atoms with van der Waals surface area (Å²) in [5.41, 5.74) is -0.0121. The van der Waals surface area contributed by atoms with Crippen LogP contribution in [-0.4, -0.2) is 37.0 Å². The van der Waals surface area contributed by atoms with E-state index in [4.69, 9.17) is 5.11 Å². The first-order chi connectivity index (χ1) is 9.33. The van der Waals surface area contributed by atoms with Crippen LogP contribution in [0.3, 0.4) is 0 Å². The Hall–Kier alpha value is -2.65. The largest absolute Gasteiger partial charge is 0.477 e. The summed E-state index contributed by atoms with van der Waals surface area (Å²) in [6.45, 7) is -1.22. The first kappa shape index (κ1) is 13.8. The molecule has 0 bridgehead atoms. The number of nitrogens with one attached hydrogen (secondary N) is 1. The zero-order valence-electron chi connectivity index (χ0n) is 9.79. The molecule has 2 rings (SSSR count). The monoisotopic (exact) mass is 287 g/mol. The minimum atomic E-state index is -4.37. The van der Waals surface area contributed by atoms with Crippen LogP contribution in [0.5, 0.6) is 0 Å². The van der Waals surface area contributed by atoms with Gasteiger partial charge in [0.2, 0.25) is 5.95 Å². The number of aromatic nitrogens is 4. The molecule has 0 aliphatic heterocycles. The van der Waals surface area contributed by atoms with Crippen LogP contribution >= 0.6 is 0 Å². The van der Waals surface area contributed by atoms with E-state index < -0.39 is 18.7 Å². The van der Waals surface area contributed by atoms with Gasteiger partial charge in [-0.1, -0.05) is 0 Å². The molecule has 0 amide bonds. The molecule has 2 heterocycles. The molecule has 7 nitrogen and oxygen atoms in total. The lowest BCUT2D eigenvalue weighted by Gasteiger charge is -2.05. The number of carbonyl (C=O) groups is 1. The zero-order valence-corrected chi connectivity index (χ0v) is 9.79. The molecule has 0 atom stereocenters. The van der Waals surface area contributed by atoms with Crippen molar-refractivity contribution in [3.05, 3.63) is 30.4 Å². The number of hydrogen-bond donors (Lipinski definition) is 2. The van der Waals surface area contributed by atoms with Crippen molar-refractivity contribution in [3.8, 4) is 0 Å². The van der Waals surface area contributed by atoms with Gasteiger partial charge >= 0.3 is 12.1 Å². The maximum Gasteiger partial charge on any atom is 0.408 e. The molecule has 2 aromatic heterocycles. The summed E-state index contributed by atoms with van der Waals surface area (Å²) in [5, 5.41) is 14.8. The van der Waals surface area contributed by atoms with Crippen molar-refractivity contribution < 1.29 is 23.1 Å². The second-order valence-electron chi connectivity index (χ2n) is 3.74. The third-order valence-corrected chi connectivity index (χ3v) is 2.11. The van der Waals surface area contributed by atoms with Crippen molar-refractivity contribution in [1.29, 1.82) is 0 Å². The fraction of sp³-hybridized carbons (Fsp3) is 0.200. The number of halogens is 3. The predicted molar refractivity (Wildman–Crippen MR) is 60.6 cm³/mol. The van der Waals surface area contributed by atoms with Gasteiger partial charge in [0.1, 0.15) is 6.54 Å². The highest BCUT2D eigenvalue weighted by Crippen LogP contribution is 2.19. The Morgan fingerprint density at radius 1 is 1.45 bits per heavy atom. The first-order valence-corrected chi connectivity index (χ1v) is 5.26. The summed E-state index contributed by atoms with van der Waals surface area (Å²) in [7, 11) is 0. The van der Waals surface area contributed by atoms with E-state index in [9.17, 15) is 18.0 Å². The Kier molecular flexibility index (Phi) is 3.55. The predicted octanol–water partition coefficient (Wildman–Crippen LogP) is 1.68. The van der Waals surface area contributed by atoms with Gasteiger partial charge in [0.15, 0.2) is 5.69 Å². The van der Waals surface area contributed by atoms with Gasteiger partial charge in [-0.3, -0.25) is 4.68 Å². The van der Waals surface area contributed by atoms with E-state index in [0.29, 0.717) is 4.68 Å². The van der Waals surface area contributed by atoms with Crippen LogP contribution in [0.25, 0.3) is 0 Å². The van der Waals surface area contributed by atoms with E-state index in [-0.39, 0.29) is 17.3 Å².